The maximum absolute atomic E-state index is 12.7. The molecule has 0 aliphatic carbocycles. The van der Waals surface area contributed by atoms with Crippen LogP contribution in [0.25, 0.3) is 10.1 Å². The predicted molar refractivity (Wildman–Crippen MR) is 104 cm³/mol. The molecule has 2 heterocycles. The van der Waals surface area contributed by atoms with Crippen LogP contribution in [-0.2, 0) is 0 Å². The van der Waals surface area contributed by atoms with Crippen LogP contribution in [-0.4, -0.2) is 18.9 Å². The van der Waals surface area contributed by atoms with E-state index in [1.807, 2.05) is 19.1 Å². The van der Waals surface area contributed by atoms with Crippen molar-refractivity contribution >= 4 is 61.2 Å². The standard InChI is InChI=1S/C17H15ClN2O3S2/c1-7-8(2)24-17(12(7)15(19)21)20-16(22)14-13(18)10-6-9(23-3)4-5-11(10)25-14/h4-6H,1-3H3,(H2,19,21)(H,20,22). The zero-order valence-corrected chi connectivity index (χ0v) is 16.1. The minimum atomic E-state index is -0.565. The minimum absolute atomic E-state index is 0.342. The van der Waals surface area contributed by atoms with Gasteiger partial charge in [-0.05, 0) is 37.6 Å². The summed E-state index contributed by atoms with van der Waals surface area (Å²) in [6.07, 6.45) is 0. The van der Waals surface area contributed by atoms with Crippen molar-refractivity contribution < 1.29 is 14.3 Å². The lowest BCUT2D eigenvalue weighted by molar-refractivity contribution is 0.100. The third-order valence-corrected chi connectivity index (χ3v) is 6.70. The summed E-state index contributed by atoms with van der Waals surface area (Å²) in [5, 5.41) is 4.33. The number of primary amides is 1. The Balaban J connectivity index is 2.00. The summed E-state index contributed by atoms with van der Waals surface area (Å²) in [5.41, 5.74) is 6.57. The highest BCUT2D eigenvalue weighted by Gasteiger charge is 2.22. The van der Waals surface area contributed by atoms with E-state index in [2.05, 4.69) is 5.32 Å². The Kier molecular flexibility index (Phi) is 4.73. The molecular weight excluding hydrogens is 380 g/mol. The van der Waals surface area contributed by atoms with Gasteiger partial charge >= 0.3 is 0 Å². The number of nitrogens with one attached hydrogen (secondary N) is 1. The number of halogens is 1. The lowest BCUT2D eigenvalue weighted by atomic mass is 10.1. The fraction of sp³-hybridized carbons (Fsp3) is 0.176. The molecule has 1 aromatic carbocycles. The van der Waals surface area contributed by atoms with Crippen LogP contribution in [0.4, 0.5) is 5.00 Å². The summed E-state index contributed by atoms with van der Waals surface area (Å²) in [6.45, 7) is 3.68. The molecule has 0 atom stereocenters. The highest BCUT2D eigenvalue weighted by atomic mass is 35.5. The van der Waals surface area contributed by atoms with Gasteiger partial charge in [0.2, 0.25) is 0 Å². The van der Waals surface area contributed by atoms with E-state index < -0.39 is 5.91 Å². The normalized spacial score (nSPS) is 10.9. The lowest BCUT2D eigenvalue weighted by Crippen LogP contribution is -2.17. The average Bonchev–Trinajstić information content (AvgIpc) is 3.04. The van der Waals surface area contributed by atoms with Gasteiger partial charge < -0.3 is 15.8 Å². The maximum Gasteiger partial charge on any atom is 0.267 e. The first-order valence-electron chi connectivity index (χ1n) is 7.30. The molecule has 0 radical (unpaired) electrons. The molecule has 0 aliphatic heterocycles. The van der Waals surface area contributed by atoms with Crippen LogP contribution in [0, 0.1) is 13.8 Å². The Labute approximate surface area is 157 Å². The molecule has 3 aromatic rings. The molecule has 3 N–H and O–H groups in total. The zero-order chi connectivity index (χ0) is 18.3. The highest BCUT2D eigenvalue weighted by molar-refractivity contribution is 7.22. The van der Waals surface area contributed by atoms with Crippen molar-refractivity contribution in [1.82, 2.24) is 0 Å². The van der Waals surface area contributed by atoms with Gasteiger partial charge in [0, 0.05) is 15.0 Å². The molecule has 2 aromatic heterocycles. The molecule has 8 heteroatoms. The van der Waals surface area contributed by atoms with Gasteiger partial charge in [0.1, 0.15) is 15.6 Å². The molecule has 130 valence electrons. The molecular formula is C17H15ClN2O3S2. The highest BCUT2D eigenvalue weighted by Crippen LogP contribution is 2.39. The average molecular weight is 395 g/mol. The van der Waals surface area contributed by atoms with Crippen LogP contribution in [0.5, 0.6) is 5.75 Å². The van der Waals surface area contributed by atoms with Crippen LogP contribution in [0.1, 0.15) is 30.5 Å². The molecule has 0 spiro atoms. The Bertz CT molecular complexity index is 1010. The number of carbonyl (C=O) groups excluding carboxylic acids is 2. The van der Waals surface area contributed by atoms with Crippen LogP contribution in [0.2, 0.25) is 5.02 Å². The number of nitrogens with two attached hydrogens (primary N) is 1. The molecule has 0 fully saturated rings. The Morgan fingerprint density at radius 3 is 2.60 bits per heavy atom. The topological polar surface area (TPSA) is 81.4 Å². The van der Waals surface area contributed by atoms with E-state index in [9.17, 15) is 9.59 Å². The number of carbonyl (C=O) groups is 2. The quantitative estimate of drug-likeness (QED) is 0.678. The molecule has 0 saturated heterocycles. The SMILES string of the molecule is COc1ccc2sc(C(=O)Nc3sc(C)c(C)c3C(N)=O)c(Cl)c2c1. The number of hydrogen-bond donors (Lipinski definition) is 2. The number of amides is 2. The number of fused-ring (bicyclic) bond motifs is 1. The van der Waals surface area contributed by atoms with Gasteiger partial charge in [0.05, 0.1) is 17.7 Å². The second-order valence-corrected chi connectivity index (χ2v) is 8.07. The van der Waals surface area contributed by atoms with E-state index in [0.29, 0.717) is 26.2 Å². The van der Waals surface area contributed by atoms with Gasteiger partial charge in [-0.25, -0.2) is 0 Å². The van der Waals surface area contributed by atoms with Gasteiger partial charge in [-0.1, -0.05) is 11.6 Å². The molecule has 5 nitrogen and oxygen atoms in total. The van der Waals surface area contributed by atoms with Crippen molar-refractivity contribution in [2.24, 2.45) is 5.73 Å². The second kappa shape index (κ2) is 6.67. The Morgan fingerprint density at radius 1 is 1.24 bits per heavy atom. The number of benzene rings is 1. The summed E-state index contributed by atoms with van der Waals surface area (Å²) >= 11 is 9.00. The van der Waals surface area contributed by atoms with Crippen molar-refractivity contribution in [2.45, 2.75) is 13.8 Å². The molecule has 0 aliphatic rings. The van der Waals surface area contributed by atoms with Gasteiger partial charge in [-0.15, -0.1) is 22.7 Å². The lowest BCUT2D eigenvalue weighted by Gasteiger charge is -2.04. The van der Waals surface area contributed by atoms with E-state index in [1.165, 1.54) is 22.7 Å². The number of aryl methyl sites for hydroxylation is 1. The number of thiophene rings is 2. The molecule has 0 bridgehead atoms. The van der Waals surface area contributed by atoms with Gasteiger partial charge in [0.15, 0.2) is 0 Å². The fourth-order valence-electron chi connectivity index (χ4n) is 2.49. The van der Waals surface area contributed by atoms with Crippen molar-refractivity contribution in [3.8, 4) is 5.75 Å². The summed E-state index contributed by atoms with van der Waals surface area (Å²) < 4.78 is 6.08. The Hall–Kier alpha value is -2.09. The second-order valence-electron chi connectivity index (χ2n) is 5.41. The number of anilines is 1. The first-order valence-corrected chi connectivity index (χ1v) is 9.31. The minimum Gasteiger partial charge on any atom is -0.497 e. The molecule has 25 heavy (non-hydrogen) atoms. The third-order valence-electron chi connectivity index (χ3n) is 3.90. The number of hydrogen-bond acceptors (Lipinski definition) is 5. The summed E-state index contributed by atoms with van der Waals surface area (Å²) in [7, 11) is 1.57. The molecule has 2 amide bonds. The monoisotopic (exact) mass is 394 g/mol. The van der Waals surface area contributed by atoms with Crippen LogP contribution < -0.4 is 15.8 Å². The van der Waals surface area contributed by atoms with Gasteiger partial charge in [0.25, 0.3) is 11.8 Å². The molecule has 0 saturated carbocycles. The summed E-state index contributed by atoms with van der Waals surface area (Å²) in [5.74, 6) is -0.266. The first kappa shape index (κ1) is 17.7. The first-order chi connectivity index (χ1) is 11.8. The maximum atomic E-state index is 12.7. The largest absolute Gasteiger partial charge is 0.497 e. The van der Waals surface area contributed by atoms with Crippen molar-refractivity contribution in [3.05, 3.63) is 44.1 Å². The van der Waals surface area contributed by atoms with E-state index in [-0.39, 0.29) is 5.91 Å². The number of ether oxygens (including phenoxy) is 1. The zero-order valence-electron chi connectivity index (χ0n) is 13.7. The molecule has 0 unspecified atom stereocenters. The van der Waals surface area contributed by atoms with Crippen LogP contribution >= 0.6 is 34.3 Å². The molecule has 3 rings (SSSR count). The summed E-state index contributed by atoms with van der Waals surface area (Å²) in [6, 6.07) is 5.46. The van der Waals surface area contributed by atoms with Crippen molar-refractivity contribution in [3.63, 3.8) is 0 Å². The van der Waals surface area contributed by atoms with Crippen molar-refractivity contribution in [2.75, 3.05) is 12.4 Å². The summed E-state index contributed by atoms with van der Waals surface area (Å²) in [4.78, 5) is 25.7. The van der Waals surface area contributed by atoms with Crippen molar-refractivity contribution in [1.29, 1.82) is 0 Å². The van der Waals surface area contributed by atoms with Gasteiger partial charge in [-0.2, -0.15) is 0 Å². The van der Waals surface area contributed by atoms with Gasteiger partial charge in [-0.3, -0.25) is 9.59 Å². The van der Waals surface area contributed by atoms with E-state index >= 15 is 0 Å². The van der Waals surface area contributed by atoms with E-state index in [4.69, 9.17) is 22.1 Å². The Morgan fingerprint density at radius 2 is 1.96 bits per heavy atom. The van der Waals surface area contributed by atoms with E-state index in [1.54, 1.807) is 20.1 Å². The fourth-order valence-corrected chi connectivity index (χ4v) is 4.94. The number of rotatable bonds is 4. The number of methoxy groups -OCH3 is 1. The third kappa shape index (κ3) is 3.10. The van der Waals surface area contributed by atoms with Crippen LogP contribution in [0.15, 0.2) is 18.2 Å². The van der Waals surface area contributed by atoms with Crippen LogP contribution in [0.3, 0.4) is 0 Å². The predicted octanol–water partition coefficient (Wildman–Crippen LogP) is 4.59. The van der Waals surface area contributed by atoms with E-state index in [0.717, 1.165) is 20.5 Å². The smallest absolute Gasteiger partial charge is 0.267 e.